The van der Waals surface area contributed by atoms with Gasteiger partial charge < -0.3 is 4.90 Å². The molecule has 0 N–H and O–H groups in total. The number of hydrogen-bond donors (Lipinski definition) is 0. The molecule has 3 nitrogen and oxygen atoms in total. The molecule has 2 aromatic carbocycles. The van der Waals surface area contributed by atoms with Gasteiger partial charge in [-0.15, -0.1) is 0 Å². The van der Waals surface area contributed by atoms with E-state index in [0.29, 0.717) is 6.04 Å². The predicted octanol–water partition coefficient (Wildman–Crippen LogP) is 3.40. The maximum absolute atomic E-state index is 12.9. The van der Waals surface area contributed by atoms with Gasteiger partial charge in [-0.05, 0) is 36.3 Å². The Bertz CT molecular complexity index is 658. The Hall–Kier alpha value is -1.87. The van der Waals surface area contributed by atoms with E-state index in [0.717, 1.165) is 48.9 Å². The number of carbonyl (C=O) groups excluding carboxylic acids is 1. The van der Waals surface area contributed by atoms with Crippen LogP contribution in [0.4, 0.5) is 0 Å². The SMILES string of the molecule is CCN(CC)C1CCN(C(=O)c2cccc3ccccc23)C1. The fourth-order valence-electron chi connectivity index (χ4n) is 3.55. The third kappa shape index (κ3) is 2.73. The minimum absolute atomic E-state index is 0.173. The first-order valence-electron chi connectivity index (χ1n) is 8.25. The maximum atomic E-state index is 12.9. The Labute approximate surface area is 132 Å². The minimum Gasteiger partial charge on any atom is -0.337 e. The highest BCUT2D eigenvalue weighted by molar-refractivity contribution is 6.07. The van der Waals surface area contributed by atoms with Crippen LogP contribution in [0.1, 0.15) is 30.6 Å². The number of nitrogens with zero attached hydrogens (tertiary/aromatic N) is 2. The molecule has 3 heteroatoms. The molecule has 0 spiro atoms. The standard InChI is InChI=1S/C19H24N2O/c1-3-20(4-2)16-12-13-21(14-16)19(22)18-11-7-9-15-8-5-6-10-17(15)18/h5-11,16H,3-4,12-14H2,1-2H3. The van der Waals surface area contributed by atoms with Crippen molar-refractivity contribution in [3.63, 3.8) is 0 Å². The van der Waals surface area contributed by atoms with Crippen LogP contribution in [-0.4, -0.2) is 47.9 Å². The fraction of sp³-hybridized carbons (Fsp3) is 0.421. The summed E-state index contributed by atoms with van der Waals surface area (Å²) in [6, 6.07) is 14.6. The van der Waals surface area contributed by atoms with E-state index in [1.165, 1.54) is 0 Å². The summed E-state index contributed by atoms with van der Waals surface area (Å²) in [5.41, 5.74) is 0.832. The van der Waals surface area contributed by atoms with Gasteiger partial charge >= 0.3 is 0 Å². The smallest absolute Gasteiger partial charge is 0.254 e. The zero-order valence-electron chi connectivity index (χ0n) is 13.5. The molecule has 0 aliphatic carbocycles. The fourth-order valence-corrected chi connectivity index (χ4v) is 3.55. The van der Waals surface area contributed by atoms with Crippen LogP contribution >= 0.6 is 0 Å². The second kappa shape index (κ2) is 6.49. The summed E-state index contributed by atoms with van der Waals surface area (Å²) in [4.78, 5) is 17.4. The topological polar surface area (TPSA) is 23.6 Å². The van der Waals surface area contributed by atoms with Gasteiger partial charge in [-0.2, -0.15) is 0 Å². The highest BCUT2D eigenvalue weighted by Crippen LogP contribution is 2.23. The van der Waals surface area contributed by atoms with Crippen molar-refractivity contribution in [2.45, 2.75) is 26.3 Å². The van der Waals surface area contributed by atoms with Crippen LogP contribution in [0.5, 0.6) is 0 Å². The molecule has 1 fully saturated rings. The van der Waals surface area contributed by atoms with Gasteiger partial charge in [0.05, 0.1) is 0 Å². The first-order valence-corrected chi connectivity index (χ1v) is 8.25. The lowest BCUT2D eigenvalue weighted by Crippen LogP contribution is -2.38. The molecule has 1 aliphatic heterocycles. The molecule has 22 heavy (non-hydrogen) atoms. The summed E-state index contributed by atoms with van der Waals surface area (Å²) in [5.74, 6) is 0.173. The summed E-state index contributed by atoms with van der Waals surface area (Å²) in [7, 11) is 0. The molecule has 0 bridgehead atoms. The van der Waals surface area contributed by atoms with Crippen molar-refractivity contribution in [1.29, 1.82) is 0 Å². The van der Waals surface area contributed by atoms with Crippen LogP contribution in [0.15, 0.2) is 42.5 Å². The van der Waals surface area contributed by atoms with E-state index in [2.05, 4.69) is 30.9 Å². The quantitative estimate of drug-likeness (QED) is 0.863. The number of likely N-dealkylation sites (tertiary alicyclic amines) is 1. The lowest BCUT2D eigenvalue weighted by Gasteiger charge is -2.26. The van der Waals surface area contributed by atoms with Gasteiger partial charge in [-0.3, -0.25) is 9.69 Å². The summed E-state index contributed by atoms with van der Waals surface area (Å²) >= 11 is 0. The Morgan fingerprint density at radius 3 is 2.64 bits per heavy atom. The first kappa shape index (κ1) is 15.0. The maximum Gasteiger partial charge on any atom is 0.254 e. The van der Waals surface area contributed by atoms with Crippen LogP contribution < -0.4 is 0 Å². The number of likely N-dealkylation sites (N-methyl/N-ethyl adjacent to an activating group) is 1. The van der Waals surface area contributed by atoms with E-state index in [-0.39, 0.29) is 5.91 Å². The lowest BCUT2D eigenvalue weighted by atomic mass is 10.0. The Morgan fingerprint density at radius 2 is 1.86 bits per heavy atom. The van der Waals surface area contributed by atoms with Gasteiger partial charge in [0.25, 0.3) is 5.91 Å². The summed E-state index contributed by atoms with van der Waals surface area (Å²) < 4.78 is 0. The van der Waals surface area contributed by atoms with Crippen molar-refractivity contribution in [1.82, 2.24) is 9.80 Å². The minimum atomic E-state index is 0.173. The second-order valence-electron chi connectivity index (χ2n) is 5.94. The molecular weight excluding hydrogens is 272 g/mol. The molecule has 0 aromatic heterocycles. The van der Waals surface area contributed by atoms with Crippen LogP contribution in [0.2, 0.25) is 0 Å². The van der Waals surface area contributed by atoms with Crippen LogP contribution in [0.3, 0.4) is 0 Å². The van der Waals surface area contributed by atoms with E-state index in [4.69, 9.17) is 0 Å². The summed E-state index contributed by atoms with van der Waals surface area (Å²) in [5, 5.41) is 2.19. The summed E-state index contributed by atoms with van der Waals surface area (Å²) in [6.45, 7) is 8.21. The highest BCUT2D eigenvalue weighted by atomic mass is 16.2. The molecule has 0 radical (unpaired) electrons. The second-order valence-corrected chi connectivity index (χ2v) is 5.94. The van der Waals surface area contributed by atoms with Crippen LogP contribution in [0, 0.1) is 0 Å². The monoisotopic (exact) mass is 296 g/mol. The third-order valence-electron chi connectivity index (χ3n) is 4.80. The number of rotatable bonds is 4. The zero-order valence-corrected chi connectivity index (χ0v) is 13.5. The molecule has 3 rings (SSSR count). The molecule has 1 heterocycles. The predicted molar refractivity (Wildman–Crippen MR) is 91.2 cm³/mol. The Kier molecular flexibility index (Phi) is 4.44. The van der Waals surface area contributed by atoms with Gasteiger partial charge in [0.15, 0.2) is 0 Å². The average Bonchev–Trinajstić information content (AvgIpc) is 3.05. The molecular formula is C19H24N2O. The van der Waals surface area contributed by atoms with E-state index in [1.54, 1.807) is 0 Å². The van der Waals surface area contributed by atoms with Gasteiger partial charge in [0.1, 0.15) is 0 Å². The molecule has 0 saturated carbocycles. The van der Waals surface area contributed by atoms with E-state index in [1.807, 2.05) is 35.2 Å². The highest BCUT2D eigenvalue weighted by Gasteiger charge is 2.30. The van der Waals surface area contributed by atoms with Crippen molar-refractivity contribution in [2.24, 2.45) is 0 Å². The van der Waals surface area contributed by atoms with Crippen LogP contribution in [0.25, 0.3) is 10.8 Å². The average molecular weight is 296 g/mol. The molecule has 1 aliphatic rings. The number of fused-ring (bicyclic) bond motifs is 1. The van der Waals surface area contributed by atoms with Crippen molar-refractivity contribution < 1.29 is 4.79 Å². The van der Waals surface area contributed by atoms with Crippen molar-refractivity contribution in [2.75, 3.05) is 26.2 Å². The third-order valence-corrected chi connectivity index (χ3v) is 4.80. The van der Waals surface area contributed by atoms with Crippen molar-refractivity contribution in [3.8, 4) is 0 Å². The van der Waals surface area contributed by atoms with Crippen molar-refractivity contribution in [3.05, 3.63) is 48.0 Å². The normalized spacial score (nSPS) is 18.3. The van der Waals surface area contributed by atoms with Gasteiger partial charge in [0, 0.05) is 24.7 Å². The lowest BCUT2D eigenvalue weighted by molar-refractivity contribution is 0.0780. The molecule has 1 amide bonds. The molecule has 1 unspecified atom stereocenters. The Morgan fingerprint density at radius 1 is 1.14 bits per heavy atom. The van der Waals surface area contributed by atoms with E-state index in [9.17, 15) is 4.79 Å². The molecule has 2 aromatic rings. The molecule has 1 saturated heterocycles. The largest absolute Gasteiger partial charge is 0.337 e. The van der Waals surface area contributed by atoms with E-state index < -0.39 is 0 Å². The molecule has 1 atom stereocenters. The molecule has 116 valence electrons. The number of amides is 1. The van der Waals surface area contributed by atoms with Gasteiger partial charge in [-0.25, -0.2) is 0 Å². The van der Waals surface area contributed by atoms with E-state index >= 15 is 0 Å². The number of carbonyl (C=O) groups is 1. The summed E-state index contributed by atoms with van der Waals surface area (Å²) in [6.07, 6.45) is 1.08. The van der Waals surface area contributed by atoms with Crippen LogP contribution in [-0.2, 0) is 0 Å². The van der Waals surface area contributed by atoms with Crippen molar-refractivity contribution >= 4 is 16.7 Å². The van der Waals surface area contributed by atoms with Gasteiger partial charge in [0.2, 0.25) is 0 Å². The zero-order chi connectivity index (χ0) is 15.5. The number of benzene rings is 2. The van der Waals surface area contributed by atoms with Gasteiger partial charge in [-0.1, -0.05) is 50.2 Å². The Balaban J connectivity index is 1.82. The first-order chi connectivity index (χ1) is 10.7. The number of hydrogen-bond acceptors (Lipinski definition) is 2.